The Labute approximate surface area is 86.9 Å². The normalized spacial score (nSPS) is 30.6. The van der Waals surface area contributed by atoms with Crippen LogP contribution in [0.25, 0.3) is 0 Å². The second kappa shape index (κ2) is 3.59. The Morgan fingerprint density at radius 3 is 3.08 bits per heavy atom. The highest BCUT2D eigenvalue weighted by Crippen LogP contribution is 2.45. The van der Waals surface area contributed by atoms with Gasteiger partial charge >= 0.3 is 0 Å². The summed E-state index contributed by atoms with van der Waals surface area (Å²) >= 11 is 3.66. The molecule has 1 aliphatic heterocycles. The largest absolute Gasteiger partial charge is 0.321 e. The summed E-state index contributed by atoms with van der Waals surface area (Å²) in [7, 11) is 0. The minimum Gasteiger partial charge on any atom is -0.321 e. The first-order chi connectivity index (χ1) is 6.22. The van der Waals surface area contributed by atoms with Crippen molar-refractivity contribution in [1.29, 1.82) is 0 Å². The molecule has 0 aromatic carbocycles. The van der Waals surface area contributed by atoms with Crippen LogP contribution in [0.1, 0.15) is 30.8 Å². The van der Waals surface area contributed by atoms with Crippen LogP contribution in [0.2, 0.25) is 0 Å². The van der Waals surface area contributed by atoms with Crippen LogP contribution >= 0.6 is 23.1 Å². The van der Waals surface area contributed by atoms with Crippen molar-refractivity contribution >= 4 is 23.1 Å². The molecule has 0 aliphatic carbocycles. The molecule has 0 amide bonds. The van der Waals surface area contributed by atoms with Crippen LogP contribution in [-0.2, 0) is 0 Å². The minimum absolute atomic E-state index is 0.111. The van der Waals surface area contributed by atoms with Gasteiger partial charge in [0.05, 0.1) is 6.04 Å². The smallest absolute Gasteiger partial charge is 0.111 e. The summed E-state index contributed by atoms with van der Waals surface area (Å²) in [6.45, 7) is 2.26. The Morgan fingerprint density at radius 1 is 1.69 bits per heavy atom. The zero-order valence-electron chi connectivity index (χ0n) is 7.69. The van der Waals surface area contributed by atoms with E-state index in [9.17, 15) is 0 Å². The van der Waals surface area contributed by atoms with Gasteiger partial charge in [0.1, 0.15) is 5.01 Å². The highest BCUT2D eigenvalue weighted by atomic mass is 32.2. The predicted molar refractivity (Wildman–Crippen MR) is 59.1 cm³/mol. The fraction of sp³-hybridized carbons (Fsp3) is 0.667. The topological polar surface area (TPSA) is 38.9 Å². The van der Waals surface area contributed by atoms with Gasteiger partial charge in [0.25, 0.3) is 0 Å². The molecule has 13 heavy (non-hydrogen) atoms. The average Bonchev–Trinajstić information content (AvgIpc) is 2.73. The fourth-order valence-electron chi connectivity index (χ4n) is 1.70. The molecule has 1 saturated heterocycles. The van der Waals surface area contributed by atoms with Gasteiger partial charge in [0.2, 0.25) is 0 Å². The molecule has 0 saturated carbocycles. The lowest BCUT2D eigenvalue weighted by molar-refractivity contribution is 0.500. The molecule has 2 heterocycles. The van der Waals surface area contributed by atoms with E-state index < -0.39 is 0 Å². The Bertz CT molecular complexity index is 265. The quantitative estimate of drug-likeness (QED) is 0.822. The third-order valence-corrected chi connectivity index (χ3v) is 5.09. The highest BCUT2D eigenvalue weighted by molar-refractivity contribution is 8.00. The third kappa shape index (κ3) is 1.75. The van der Waals surface area contributed by atoms with Gasteiger partial charge in [-0.1, -0.05) is 0 Å². The van der Waals surface area contributed by atoms with Gasteiger partial charge in [0, 0.05) is 16.3 Å². The van der Waals surface area contributed by atoms with E-state index in [1.165, 1.54) is 18.6 Å². The summed E-state index contributed by atoms with van der Waals surface area (Å²) in [5, 5.41) is 3.08. The van der Waals surface area contributed by atoms with Crippen molar-refractivity contribution in [2.45, 2.75) is 30.6 Å². The number of aromatic nitrogens is 1. The summed E-state index contributed by atoms with van der Waals surface area (Å²) in [6, 6.07) is 0.111. The average molecular weight is 214 g/mol. The molecule has 2 nitrogen and oxygen atoms in total. The van der Waals surface area contributed by atoms with Gasteiger partial charge in [-0.2, -0.15) is 11.8 Å². The van der Waals surface area contributed by atoms with Gasteiger partial charge in [-0.15, -0.1) is 11.3 Å². The standard InChI is InChI=1S/C9H14N2S2/c1-9(3-2-5-13-9)7(10)8-11-4-6-12-8/h4,6-7H,2-3,5,10H2,1H3. The molecule has 72 valence electrons. The Balaban J connectivity index is 2.16. The second-order valence-corrected chi connectivity index (χ2v) is 6.17. The molecule has 1 fully saturated rings. The molecule has 0 radical (unpaired) electrons. The van der Waals surface area contributed by atoms with E-state index in [2.05, 4.69) is 11.9 Å². The van der Waals surface area contributed by atoms with Crippen molar-refractivity contribution in [3.05, 3.63) is 16.6 Å². The summed E-state index contributed by atoms with van der Waals surface area (Å²) in [4.78, 5) is 4.29. The van der Waals surface area contributed by atoms with E-state index in [0.717, 1.165) is 5.01 Å². The summed E-state index contributed by atoms with van der Waals surface area (Å²) < 4.78 is 0.220. The first-order valence-corrected chi connectivity index (χ1v) is 6.38. The van der Waals surface area contributed by atoms with Gasteiger partial charge in [-0.25, -0.2) is 4.98 Å². The molecule has 2 N–H and O–H groups in total. The minimum atomic E-state index is 0.111. The van der Waals surface area contributed by atoms with E-state index in [-0.39, 0.29) is 10.8 Å². The van der Waals surface area contributed by atoms with Crippen molar-refractivity contribution in [3.63, 3.8) is 0 Å². The number of nitrogens with zero attached hydrogens (tertiary/aromatic N) is 1. The molecule has 0 bridgehead atoms. The maximum Gasteiger partial charge on any atom is 0.111 e. The highest BCUT2D eigenvalue weighted by Gasteiger charge is 2.37. The number of rotatable bonds is 2. The van der Waals surface area contributed by atoms with E-state index in [0.29, 0.717) is 0 Å². The van der Waals surface area contributed by atoms with Crippen molar-refractivity contribution in [2.24, 2.45) is 5.73 Å². The van der Waals surface area contributed by atoms with Gasteiger partial charge in [-0.05, 0) is 25.5 Å². The van der Waals surface area contributed by atoms with Crippen LogP contribution < -0.4 is 5.73 Å². The van der Waals surface area contributed by atoms with Crippen molar-refractivity contribution in [2.75, 3.05) is 5.75 Å². The van der Waals surface area contributed by atoms with Crippen LogP contribution in [0, 0.1) is 0 Å². The first kappa shape index (κ1) is 9.49. The van der Waals surface area contributed by atoms with Gasteiger partial charge in [-0.3, -0.25) is 0 Å². The molecule has 1 aliphatic rings. The van der Waals surface area contributed by atoms with E-state index in [1.807, 2.05) is 23.3 Å². The van der Waals surface area contributed by atoms with Gasteiger partial charge in [0.15, 0.2) is 0 Å². The van der Waals surface area contributed by atoms with Crippen LogP contribution in [0.5, 0.6) is 0 Å². The summed E-state index contributed by atoms with van der Waals surface area (Å²) in [5.41, 5.74) is 6.21. The predicted octanol–water partition coefficient (Wildman–Crippen LogP) is 2.43. The maximum atomic E-state index is 6.21. The molecule has 2 unspecified atom stereocenters. The fourth-order valence-corrected chi connectivity index (χ4v) is 3.89. The Hall–Kier alpha value is -0.0600. The number of thioether (sulfide) groups is 1. The number of nitrogens with two attached hydrogens (primary N) is 1. The first-order valence-electron chi connectivity index (χ1n) is 4.51. The van der Waals surface area contributed by atoms with E-state index in [4.69, 9.17) is 5.73 Å². The SMILES string of the molecule is CC1(C(N)c2nccs2)CCCS1. The molecule has 2 rings (SSSR count). The molecule has 2 atom stereocenters. The van der Waals surface area contributed by atoms with Crippen LogP contribution in [0.3, 0.4) is 0 Å². The van der Waals surface area contributed by atoms with Crippen LogP contribution in [0.15, 0.2) is 11.6 Å². The van der Waals surface area contributed by atoms with Crippen LogP contribution in [-0.4, -0.2) is 15.5 Å². The zero-order valence-corrected chi connectivity index (χ0v) is 9.33. The number of thiazole rings is 1. The summed E-state index contributed by atoms with van der Waals surface area (Å²) in [5.74, 6) is 1.25. The number of hydrogen-bond acceptors (Lipinski definition) is 4. The molecule has 1 aromatic rings. The van der Waals surface area contributed by atoms with E-state index in [1.54, 1.807) is 11.3 Å². The molecular formula is C9H14N2S2. The van der Waals surface area contributed by atoms with Crippen molar-refractivity contribution < 1.29 is 0 Å². The molecular weight excluding hydrogens is 200 g/mol. The molecule has 4 heteroatoms. The lowest BCUT2D eigenvalue weighted by atomic mass is 9.97. The Morgan fingerprint density at radius 2 is 2.54 bits per heavy atom. The monoisotopic (exact) mass is 214 g/mol. The van der Waals surface area contributed by atoms with E-state index >= 15 is 0 Å². The Kier molecular flexibility index (Phi) is 2.62. The lowest BCUT2D eigenvalue weighted by Crippen LogP contribution is -2.32. The second-order valence-electron chi connectivity index (χ2n) is 3.61. The molecule has 0 spiro atoms. The van der Waals surface area contributed by atoms with Crippen molar-refractivity contribution in [3.8, 4) is 0 Å². The zero-order chi connectivity index (χ0) is 9.31. The maximum absolute atomic E-state index is 6.21. The lowest BCUT2D eigenvalue weighted by Gasteiger charge is -2.28. The van der Waals surface area contributed by atoms with Gasteiger partial charge < -0.3 is 5.73 Å². The third-order valence-electron chi connectivity index (χ3n) is 2.62. The number of hydrogen-bond donors (Lipinski definition) is 1. The van der Waals surface area contributed by atoms with Crippen molar-refractivity contribution in [1.82, 2.24) is 4.98 Å². The summed E-state index contributed by atoms with van der Waals surface area (Å²) in [6.07, 6.45) is 4.35. The molecule has 1 aromatic heterocycles. The van der Waals surface area contributed by atoms with Crippen LogP contribution in [0.4, 0.5) is 0 Å².